The molecule has 1 N–H and O–H groups in total. The van der Waals surface area contributed by atoms with Gasteiger partial charge in [0.05, 0.1) is 11.3 Å². The van der Waals surface area contributed by atoms with Crippen molar-refractivity contribution >= 4 is 17.4 Å². The van der Waals surface area contributed by atoms with Gasteiger partial charge < -0.3 is 5.32 Å². The van der Waals surface area contributed by atoms with Gasteiger partial charge in [-0.15, -0.1) is 0 Å². The van der Waals surface area contributed by atoms with Gasteiger partial charge in [0.25, 0.3) is 0 Å². The average Bonchev–Trinajstić information content (AvgIpc) is 2.34. The normalized spacial score (nSPS) is 10.3. The number of rotatable bonds is 3. The maximum atomic E-state index is 11.3. The summed E-state index contributed by atoms with van der Waals surface area (Å²) in [5.74, 6) is 0.493. The molecule has 4 nitrogen and oxygen atoms in total. The Bertz CT molecular complexity index is 635. The van der Waals surface area contributed by atoms with Crippen LogP contribution in [0.2, 0.25) is 0 Å². The second kappa shape index (κ2) is 5.18. The minimum Gasteiger partial charge on any atom is -0.324 e. The lowest BCUT2D eigenvalue weighted by atomic mass is 10.1. The summed E-state index contributed by atoms with van der Waals surface area (Å²) in [4.78, 5) is 19.8. The van der Waals surface area contributed by atoms with Crippen molar-refractivity contribution in [3.05, 3.63) is 46.8 Å². The van der Waals surface area contributed by atoms with Gasteiger partial charge in [-0.1, -0.05) is 12.1 Å². The van der Waals surface area contributed by atoms with Crippen LogP contribution in [0.5, 0.6) is 0 Å². The van der Waals surface area contributed by atoms with Crippen LogP contribution in [0, 0.1) is 20.8 Å². The number of ketones is 1. The fourth-order valence-corrected chi connectivity index (χ4v) is 1.88. The van der Waals surface area contributed by atoms with E-state index in [1.54, 1.807) is 6.20 Å². The summed E-state index contributed by atoms with van der Waals surface area (Å²) in [6, 6.07) is 6.03. The molecule has 1 aromatic carbocycles. The van der Waals surface area contributed by atoms with Gasteiger partial charge in [-0.25, -0.2) is 9.97 Å². The first-order chi connectivity index (χ1) is 8.99. The molecule has 0 radical (unpaired) electrons. The Hall–Kier alpha value is -2.23. The van der Waals surface area contributed by atoms with E-state index in [1.165, 1.54) is 18.1 Å². The summed E-state index contributed by atoms with van der Waals surface area (Å²) in [5.41, 5.74) is 4.61. The second-order valence-corrected chi connectivity index (χ2v) is 4.62. The number of benzene rings is 1. The molecule has 0 aliphatic heterocycles. The molecule has 2 rings (SSSR count). The van der Waals surface area contributed by atoms with E-state index in [0.29, 0.717) is 17.2 Å². The molecule has 0 spiro atoms. The zero-order chi connectivity index (χ0) is 14.0. The van der Waals surface area contributed by atoms with Crippen molar-refractivity contribution in [2.24, 2.45) is 0 Å². The molecular formula is C15H17N3O. The Morgan fingerprint density at radius 1 is 1.21 bits per heavy atom. The highest BCUT2D eigenvalue weighted by Crippen LogP contribution is 2.21. The molecule has 0 saturated carbocycles. The monoisotopic (exact) mass is 255 g/mol. The van der Waals surface area contributed by atoms with E-state index in [2.05, 4.69) is 35.2 Å². The molecule has 1 aromatic heterocycles. The fraction of sp³-hybridized carbons (Fsp3) is 0.267. The lowest BCUT2D eigenvalue weighted by Crippen LogP contribution is -2.05. The van der Waals surface area contributed by atoms with Gasteiger partial charge in [0.15, 0.2) is 5.78 Å². The number of nitrogens with one attached hydrogen (secondary N) is 1. The third-order valence-electron chi connectivity index (χ3n) is 3.21. The smallest absolute Gasteiger partial charge is 0.227 e. The van der Waals surface area contributed by atoms with E-state index in [1.807, 2.05) is 19.1 Å². The van der Waals surface area contributed by atoms with E-state index >= 15 is 0 Å². The number of carbonyl (C=O) groups excluding carboxylic acids is 1. The molecule has 0 aliphatic rings. The molecule has 98 valence electrons. The van der Waals surface area contributed by atoms with Gasteiger partial charge in [-0.05, 0) is 44.9 Å². The molecule has 0 bridgehead atoms. The molecule has 1 heterocycles. The third-order valence-corrected chi connectivity index (χ3v) is 3.21. The summed E-state index contributed by atoms with van der Waals surface area (Å²) in [6.45, 7) is 7.44. The van der Waals surface area contributed by atoms with E-state index in [-0.39, 0.29) is 5.78 Å². The Morgan fingerprint density at radius 2 is 1.95 bits per heavy atom. The van der Waals surface area contributed by atoms with Crippen LogP contribution in [0.25, 0.3) is 0 Å². The van der Waals surface area contributed by atoms with Gasteiger partial charge in [0, 0.05) is 11.9 Å². The quantitative estimate of drug-likeness (QED) is 0.854. The number of hydrogen-bond acceptors (Lipinski definition) is 4. The fourth-order valence-electron chi connectivity index (χ4n) is 1.88. The maximum Gasteiger partial charge on any atom is 0.227 e. The van der Waals surface area contributed by atoms with E-state index in [4.69, 9.17) is 0 Å². The average molecular weight is 255 g/mol. The highest BCUT2D eigenvalue weighted by Gasteiger charge is 2.08. The first-order valence-electron chi connectivity index (χ1n) is 6.17. The number of anilines is 2. The number of Topliss-reactive ketones (excluding diaryl/α,β-unsaturated/α-hetero) is 1. The third kappa shape index (κ3) is 2.78. The highest BCUT2D eigenvalue weighted by atomic mass is 16.1. The summed E-state index contributed by atoms with van der Waals surface area (Å²) in [7, 11) is 0. The minimum atomic E-state index is -0.0178. The first kappa shape index (κ1) is 13.2. The molecular weight excluding hydrogens is 238 g/mol. The topological polar surface area (TPSA) is 54.9 Å². The van der Waals surface area contributed by atoms with Crippen LogP contribution in [0.1, 0.15) is 34.1 Å². The van der Waals surface area contributed by atoms with Crippen LogP contribution in [0.3, 0.4) is 0 Å². The highest BCUT2D eigenvalue weighted by molar-refractivity contribution is 5.94. The van der Waals surface area contributed by atoms with Crippen LogP contribution in [0.4, 0.5) is 11.6 Å². The van der Waals surface area contributed by atoms with Crippen molar-refractivity contribution in [2.75, 3.05) is 5.32 Å². The van der Waals surface area contributed by atoms with Crippen LogP contribution in [-0.2, 0) is 0 Å². The van der Waals surface area contributed by atoms with Crippen molar-refractivity contribution in [1.82, 2.24) is 9.97 Å². The summed E-state index contributed by atoms with van der Waals surface area (Å²) in [6.07, 6.45) is 1.57. The van der Waals surface area contributed by atoms with Gasteiger partial charge >= 0.3 is 0 Å². The Kier molecular flexibility index (Phi) is 3.60. The predicted octanol–water partition coefficient (Wildman–Crippen LogP) is 3.35. The zero-order valence-corrected chi connectivity index (χ0v) is 11.6. The molecule has 4 heteroatoms. The van der Waals surface area contributed by atoms with Crippen LogP contribution in [0.15, 0.2) is 24.4 Å². The number of aryl methyl sites for hydroxylation is 2. The van der Waals surface area contributed by atoms with Crippen molar-refractivity contribution in [1.29, 1.82) is 0 Å². The Labute approximate surface area is 112 Å². The molecule has 0 aliphatic carbocycles. The molecule has 19 heavy (non-hydrogen) atoms. The van der Waals surface area contributed by atoms with Crippen LogP contribution in [-0.4, -0.2) is 15.8 Å². The van der Waals surface area contributed by atoms with Crippen molar-refractivity contribution in [3.63, 3.8) is 0 Å². The van der Waals surface area contributed by atoms with Gasteiger partial charge in [-0.3, -0.25) is 4.79 Å². The predicted molar refractivity (Wildman–Crippen MR) is 76.0 cm³/mol. The van der Waals surface area contributed by atoms with Crippen molar-refractivity contribution in [3.8, 4) is 0 Å². The zero-order valence-electron chi connectivity index (χ0n) is 11.6. The van der Waals surface area contributed by atoms with Crippen LogP contribution >= 0.6 is 0 Å². The Balaban J connectivity index is 2.32. The second-order valence-electron chi connectivity index (χ2n) is 4.62. The Morgan fingerprint density at radius 3 is 2.58 bits per heavy atom. The van der Waals surface area contributed by atoms with Gasteiger partial charge in [0.1, 0.15) is 0 Å². The number of hydrogen-bond donors (Lipinski definition) is 1. The van der Waals surface area contributed by atoms with Crippen molar-refractivity contribution in [2.45, 2.75) is 27.7 Å². The minimum absolute atomic E-state index is 0.0178. The number of aromatic nitrogens is 2. The van der Waals surface area contributed by atoms with E-state index in [0.717, 1.165) is 5.69 Å². The summed E-state index contributed by atoms with van der Waals surface area (Å²) < 4.78 is 0. The molecule has 2 aromatic rings. The maximum absolute atomic E-state index is 11.3. The molecule has 0 fully saturated rings. The van der Waals surface area contributed by atoms with Crippen molar-refractivity contribution < 1.29 is 4.79 Å². The lowest BCUT2D eigenvalue weighted by Gasteiger charge is -2.11. The van der Waals surface area contributed by atoms with Gasteiger partial charge in [-0.2, -0.15) is 0 Å². The molecule has 0 atom stereocenters. The largest absolute Gasteiger partial charge is 0.324 e. The molecule has 0 unspecified atom stereocenters. The van der Waals surface area contributed by atoms with E-state index in [9.17, 15) is 4.79 Å². The number of nitrogens with zero attached hydrogens (tertiary/aromatic N) is 2. The SMILES string of the molecule is CC(=O)c1cnc(Nc2cccc(C)c2C)nc1C. The molecule has 0 saturated heterocycles. The standard InChI is InChI=1S/C15H17N3O/c1-9-6-5-7-14(10(9)2)18-15-16-8-13(12(4)19)11(3)17-15/h5-8H,1-4H3,(H,16,17,18). The lowest BCUT2D eigenvalue weighted by molar-refractivity contribution is 0.101. The first-order valence-corrected chi connectivity index (χ1v) is 6.17. The van der Waals surface area contributed by atoms with Crippen LogP contribution < -0.4 is 5.32 Å². The van der Waals surface area contributed by atoms with E-state index < -0.39 is 0 Å². The summed E-state index contributed by atoms with van der Waals surface area (Å²) >= 11 is 0. The van der Waals surface area contributed by atoms with Gasteiger partial charge in [0.2, 0.25) is 5.95 Å². The molecule has 0 amide bonds. The summed E-state index contributed by atoms with van der Waals surface area (Å²) in [5, 5.41) is 3.19. The number of carbonyl (C=O) groups is 1.